The fourth-order valence-corrected chi connectivity index (χ4v) is 1.59. The van der Waals surface area contributed by atoms with E-state index in [1.54, 1.807) is 6.07 Å². The molecule has 0 aliphatic heterocycles. The summed E-state index contributed by atoms with van der Waals surface area (Å²) in [7, 11) is 3.37. The second-order valence-corrected chi connectivity index (χ2v) is 3.91. The molecule has 0 spiro atoms. The highest BCUT2D eigenvalue weighted by atomic mass is 16.5. The summed E-state index contributed by atoms with van der Waals surface area (Å²) >= 11 is 0. The number of nitrogens with one attached hydrogen (secondary N) is 1. The first kappa shape index (κ1) is 13.6. The molecule has 1 rings (SSSR count). The van der Waals surface area contributed by atoms with Crippen molar-refractivity contribution in [3.05, 3.63) is 36.9 Å². The van der Waals surface area contributed by atoms with Gasteiger partial charge in [-0.15, -0.1) is 0 Å². The third kappa shape index (κ3) is 4.47. The predicted octanol–water partition coefficient (Wildman–Crippen LogP) is 3.17. The molecule has 0 fully saturated rings. The average molecular weight is 234 g/mol. The third-order valence-corrected chi connectivity index (χ3v) is 2.55. The molecule has 93 valence electrons. The van der Waals surface area contributed by atoms with Crippen molar-refractivity contribution < 1.29 is 9.53 Å². The Morgan fingerprint density at radius 1 is 1.29 bits per heavy atom. The minimum atomic E-state index is -0.214. The molecule has 0 saturated heterocycles. The molecule has 1 amide bonds. The number of benzene rings is 1. The topological polar surface area (TPSA) is 38.3 Å². The Hall–Kier alpha value is -1.51. The number of ether oxygens (including phenoxy) is 1. The molecule has 0 atom stereocenters. The predicted molar refractivity (Wildman–Crippen MR) is 68.9 cm³/mol. The first-order valence-corrected chi connectivity index (χ1v) is 6.08. The van der Waals surface area contributed by atoms with Gasteiger partial charge in [0.05, 0.1) is 12.2 Å². The smallest absolute Gasteiger partial charge is 0.255 e. The van der Waals surface area contributed by atoms with Gasteiger partial charge in [0.1, 0.15) is 5.75 Å². The number of carbonyl (C=O) groups is 1. The van der Waals surface area contributed by atoms with Gasteiger partial charge in [-0.25, -0.2) is 0 Å². The molecule has 3 nitrogen and oxygen atoms in total. The summed E-state index contributed by atoms with van der Waals surface area (Å²) in [5.41, 5.74) is 0.540. The summed E-state index contributed by atoms with van der Waals surface area (Å²) in [5.74, 6) is 0.416. The Morgan fingerprint density at radius 2 is 2.06 bits per heavy atom. The first-order chi connectivity index (χ1) is 8.29. The highest BCUT2D eigenvalue weighted by Gasteiger charge is 2.09. The van der Waals surface area contributed by atoms with Crippen molar-refractivity contribution in [1.82, 2.24) is 5.32 Å². The average Bonchev–Trinajstić information content (AvgIpc) is 2.38. The maximum absolute atomic E-state index is 11.5. The van der Waals surface area contributed by atoms with E-state index in [2.05, 4.69) is 19.3 Å². The Bertz CT molecular complexity index is 350. The molecule has 1 N–H and O–H groups in total. The quantitative estimate of drug-likeness (QED) is 0.736. The first-order valence-electron chi connectivity index (χ1n) is 6.08. The Balaban J connectivity index is 2.49. The number of hydrogen-bond donors (Lipinski definition) is 1. The van der Waals surface area contributed by atoms with Crippen LogP contribution >= 0.6 is 0 Å². The molecule has 0 aliphatic rings. The van der Waals surface area contributed by atoms with Gasteiger partial charge in [0.15, 0.2) is 0 Å². The minimum Gasteiger partial charge on any atom is -0.493 e. The van der Waals surface area contributed by atoms with E-state index in [4.69, 9.17) is 4.74 Å². The summed E-state index contributed by atoms with van der Waals surface area (Å²) < 4.78 is 5.62. The molecular formula is C14H20NO2. The van der Waals surface area contributed by atoms with Crippen LogP contribution in [0.1, 0.15) is 43.0 Å². The maximum Gasteiger partial charge on any atom is 0.255 e. The minimum absolute atomic E-state index is 0.214. The molecule has 3 heteroatoms. The summed E-state index contributed by atoms with van der Waals surface area (Å²) in [6, 6.07) is 7.22. The van der Waals surface area contributed by atoms with Gasteiger partial charge < -0.3 is 10.1 Å². The van der Waals surface area contributed by atoms with E-state index in [1.807, 2.05) is 18.2 Å². The van der Waals surface area contributed by atoms with Crippen LogP contribution in [-0.4, -0.2) is 12.5 Å². The lowest BCUT2D eigenvalue weighted by Gasteiger charge is -2.10. The Morgan fingerprint density at radius 3 is 2.76 bits per heavy atom. The standard InChI is InChI=1S/C14H20NO2/c1-3-4-5-8-11-17-13-10-7-6-9-12(13)14(16)15-2/h6-7,9-10H,2-5,8,11H2,1H3,(H,15,16). The van der Waals surface area contributed by atoms with Crippen molar-refractivity contribution in [1.29, 1.82) is 0 Å². The lowest BCUT2D eigenvalue weighted by atomic mass is 10.2. The van der Waals surface area contributed by atoms with Gasteiger partial charge in [0, 0.05) is 7.05 Å². The molecule has 0 saturated carbocycles. The van der Waals surface area contributed by atoms with Crippen molar-refractivity contribution in [3.63, 3.8) is 0 Å². The second kappa shape index (κ2) is 7.71. The maximum atomic E-state index is 11.5. The van der Waals surface area contributed by atoms with E-state index in [-0.39, 0.29) is 5.91 Å². The molecule has 0 aliphatic carbocycles. The number of para-hydroxylation sites is 1. The van der Waals surface area contributed by atoms with E-state index >= 15 is 0 Å². The van der Waals surface area contributed by atoms with Crippen LogP contribution in [0.4, 0.5) is 0 Å². The molecule has 0 aromatic heterocycles. The van der Waals surface area contributed by atoms with Crippen LogP contribution in [0.25, 0.3) is 0 Å². The fourth-order valence-electron chi connectivity index (χ4n) is 1.59. The number of amides is 1. The molecule has 0 bridgehead atoms. The zero-order chi connectivity index (χ0) is 12.5. The van der Waals surface area contributed by atoms with Gasteiger partial charge in [-0.2, -0.15) is 0 Å². The summed E-state index contributed by atoms with van der Waals surface area (Å²) in [6.07, 6.45) is 4.62. The second-order valence-electron chi connectivity index (χ2n) is 3.91. The lowest BCUT2D eigenvalue weighted by Crippen LogP contribution is -2.17. The number of carbonyl (C=O) groups excluding carboxylic acids is 1. The third-order valence-electron chi connectivity index (χ3n) is 2.55. The van der Waals surface area contributed by atoms with E-state index in [0.717, 1.165) is 6.42 Å². The van der Waals surface area contributed by atoms with Gasteiger partial charge in [-0.1, -0.05) is 38.3 Å². The van der Waals surface area contributed by atoms with Crippen LogP contribution < -0.4 is 10.1 Å². The van der Waals surface area contributed by atoms with Crippen LogP contribution in [0.3, 0.4) is 0 Å². The van der Waals surface area contributed by atoms with Crippen molar-refractivity contribution in [2.75, 3.05) is 6.61 Å². The molecule has 17 heavy (non-hydrogen) atoms. The van der Waals surface area contributed by atoms with Crippen LogP contribution in [0.15, 0.2) is 24.3 Å². The number of hydrogen-bond acceptors (Lipinski definition) is 2. The van der Waals surface area contributed by atoms with Crippen LogP contribution in [0, 0.1) is 7.05 Å². The monoisotopic (exact) mass is 234 g/mol. The summed E-state index contributed by atoms with van der Waals surface area (Å²) in [5, 5.41) is 2.36. The Kier molecular flexibility index (Phi) is 6.15. The summed E-state index contributed by atoms with van der Waals surface area (Å²) in [4.78, 5) is 11.5. The largest absolute Gasteiger partial charge is 0.493 e. The highest BCUT2D eigenvalue weighted by Crippen LogP contribution is 2.18. The SMILES string of the molecule is [CH2]NC(=O)c1ccccc1OCCCCCC. The fraction of sp³-hybridized carbons (Fsp3) is 0.429. The van der Waals surface area contributed by atoms with Gasteiger partial charge in [-0.3, -0.25) is 4.79 Å². The van der Waals surface area contributed by atoms with Gasteiger partial charge >= 0.3 is 0 Å². The van der Waals surface area contributed by atoms with Crippen LogP contribution in [0.2, 0.25) is 0 Å². The number of rotatable bonds is 7. The van der Waals surface area contributed by atoms with Crippen molar-refractivity contribution in [2.24, 2.45) is 0 Å². The van der Waals surface area contributed by atoms with E-state index < -0.39 is 0 Å². The molecule has 1 aromatic carbocycles. The van der Waals surface area contributed by atoms with E-state index in [0.29, 0.717) is 17.9 Å². The Labute approximate surface area is 103 Å². The molecular weight excluding hydrogens is 214 g/mol. The van der Waals surface area contributed by atoms with Gasteiger partial charge in [-0.05, 0) is 18.6 Å². The lowest BCUT2D eigenvalue weighted by molar-refractivity contribution is 0.0965. The summed E-state index contributed by atoms with van der Waals surface area (Å²) in [6.45, 7) is 2.83. The van der Waals surface area contributed by atoms with Crippen molar-refractivity contribution in [3.8, 4) is 5.75 Å². The normalized spacial score (nSPS) is 10.0. The number of unbranched alkanes of at least 4 members (excludes halogenated alkanes) is 3. The zero-order valence-corrected chi connectivity index (χ0v) is 10.4. The van der Waals surface area contributed by atoms with Crippen molar-refractivity contribution >= 4 is 5.91 Å². The van der Waals surface area contributed by atoms with Gasteiger partial charge in [0.25, 0.3) is 5.91 Å². The van der Waals surface area contributed by atoms with Gasteiger partial charge in [0.2, 0.25) is 0 Å². The van der Waals surface area contributed by atoms with Crippen LogP contribution in [-0.2, 0) is 0 Å². The molecule has 1 radical (unpaired) electrons. The zero-order valence-electron chi connectivity index (χ0n) is 10.4. The van der Waals surface area contributed by atoms with E-state index in [1.165, 1.54) is 19.3 Å². The highest BCUT2D eigenvalue weighted by molar-refractivity contribution is 5.96. The molecule has 1 aromatic rings. The van der Waals surface area contributed by atoms with E-state index in [9.17, 15) is 4.79 Å². The van der Waals surface area contributed by atoms with Crippen LogP contribution in [0.5, 0.6) is 5.75 Å². The molecule has 0 unspecified atom stereocenters. The van der Waals surface area contributed by atoms with Crippen molar-refractivity contribution in [2.45, 2.75) is 32.6 Å². The molecule has 0 heterocycles.